The molecule has 1 aliphatic rings. The van der Waals surface area contributed by atoms with Gasteiger partial charge in [0.2, 0.25) is 5.91 Å². The number of hydrogen-bond acceptors (Lipinski definition) is 4. The summed E-state index contributed by atoms with van der Waals surface area (Å²) in [6.07, 6.45) is 6.46. The van der Waals surface area contributed by atoms with E-state index in [-0.39, 0.29) is 5.91 Å². The van der Waals surface area contributed by atoms with Crippen LogP contribution in [0.2, 0.25) is 5.15 Å². The van der Waals surface area contributed by atoms with Crippen LogP contribution in [0.5, 0.6) is 0 Å². The number of unbranched alkanes of at least 4 members (excludes halogenated alkanes) is 1. The number of aryl methyl sites for hydroxylation is 2. The third-order valence-corrected chi connectivity index (χ3v) is 6.01. The Labute approximate surface area is 189 Å². The molecule has 1 aliphatic heterocycles. The van der Waals surface area contributed by atoms with E-state index in [0.717, 1.165) is 63.2 Å². The second-order valence-electron chi connectivity index (χ2n) is 7.96. The molecule has 0 unspecified atom stereocenters. The molecule has 0 atom stereocenters. The molecule has 2 heterocycles. The Bertz CT molecular complexity index is 958. The molecule has 1 aromatic heterocycles. The molecule has 6 nitrogen and oxygen atoms in total. The minimum Gasteiger partial charge on any atom is -0.338 e. The van der Waals surface area contributed by atoms with Crippen molar-refractivity contribution in [3.05, 3.63) is 57.9 Å². The standard InChI is InChI=1S/C24H30ClN5O/c1-3-4-14-30-24(25)22(19(2)27-30)10-11-23(31)29-13-5-12-28(15-16-29)18-21-8-6-20(17-26)7-9-21/h6-11H,3-5,12-16,18H2,1-2H3/b11-10+. The average molecular weight is 440 g/mol. The van der Waals surface area contributed by atoms with Gasteiger partial charge in [-0.2, -0.15) is 10.4 Å². The third kappa shape index (κ3) is 6.19. The number of hydrogen-bond donors (Lipinski definition) is 0. The topological polar surface area (TPSA) is 65.2 Å². The Morgan fingerprint density at radius 1 is 1.23 bits per heavy atom. The van der Waals surface area contributed by atoms with Gasteiger partial charge in [-0.3, -0.25) is 14.4 Å². The van der Waals surface area contributed by atoms with E-state index in [9.17, 15) is 4.79 Å². The SMILES string of the molecule is CCCCn1nc(C)c(/C=C/C(=O)N2CCCN(Cc3ccc(C#N)cc3)CC2)c1Cl. The molecule has 0 bridgehead atoms. The van der Waals surface area contributed by atoms with Crippen molar-refractivity contribution < 1.29 is 4.79 Å². The van der Waals surface area contributed by atoms with Crippen molar-refractivity contribution in [3.8, 4) is 6.07 Å². The molecule has 1 fully saturated rings. The summed E-state index contributed by atoms with van der Waals surface area (Å²) < 4.78 is 1.82. The lowest BCUT2D eigenvalue weighted by Gasteiger charge is -2.21. The van der Waals surface area contributed by atoms with Gasteiger partial charge in [0.1, 0.15) is 5.15 Å². The van der Waals surface area contributed by atoms with Gasteiger partial charge in [0.15, 0.2) is 0 Å². The minimum atomic E-state index is 0.0111. The predicted octanol–water partition coefficient (Wildman–Crippen LogP) is 4.26. The maximum absolute atomic E-state index is 12.8. The van der Waals surface area contributed by atoms with E-state index in [1.807, 2.05) is 40.8 Å². The van der Waals surface area contributed by atoms with E-state index in [1.54, 1.807) is 12.2 Å². The van der Waals surface area contributed by atoms with Crippen LogP contribution in [0.3, 0.4) is 0 Å². The van der Waals surface area contributed by atoms with Gasteiger partial charge < -0.3 is 4.90 Å². The van der Waals surface area contributed by atoms with E-state index >= 15 is 0 Å². The highest BCUT2D eigenvalue weighted by atomic mass is 35.5. The van der Waals surface area contributed by atoms with Crippen LogP contribution in [0.1, 0.15) is 48.6 Å². The number of benzene rings is 1. The highest BCUT2D eigenvalue weighted by Gasteiger charge is 2.18. The van der Waals surface area contributed by atoms with Gasteiger partial charge in [-0.15, -0.1) is 0 Å². The molecule has 164 valence electrons. The summed E-state index contributed by atoms with van der Waals surface area (Å²) in [5, 5.41) is 14.0. The summed E-state index contributed by atoms with van der Waals surface area (Å²) in [6.45, 7) is 8.89. The highest BCUT2D eigenvalue weighted by molar-refractivity contribution is 6.31. The van der Waals surface area contributed by atoms with Gasteiger partial charge in [-0.25, -0.2) is 0 Å². The number of carbonyl (C=O) groups is 1. The first kappa shape index (κ1) is 23.1. The van der Waals surface area contributed by atoms with Crippen molar-refractivity contribution in [2.24, 2.45) is 0 Å². The molecule has 0 radical (unpaired) electrons. The predicted molar refractivity (Wildman–Crippen MR) is 124 cm³/mol. The largest absolute Gasteiger partial charge is 0.338 e. The van der Waals surface area contributed by atoms with Gasteiger partial charge in [0, 0.05) is 50.9 Å². The molecule has 0 saturated carbocycles. The van der Waals surface area contributed by atoms with Crippen LogP contribution in [0.25, 0.3) is 6.08 Å². The maximum Gasteiger partial charge on any atom is 0.246 e. The Kier molecular flexibility index (Phi) is 8.27. The Morgan fingerprint density at radius 2 is 2.00 bits per heavy atom. The van der Waals surface area contributed by atoms with Crippen molar-refractivity contribution in [2.45, 2.75) is 46.2 Å². The van der Waals surface area contributed by atoms with Gasteiger partial charge in [-0.1, -0.05) is 37.1 Å². The van der Waals surface area contributed by atoms with Crippen molar-refractivity contribution in [1.29, 1.82) is 5.26 Å². The number of amides is 1. The van der Waals surface area contributed by atoms with Crippen molar-refractivity contribution in [3.63, 3.8) is 0 Å². The summed E-state index contributed by atoms with van der Waals surface area (Å²) in [5.74, 6) is 0.0111. The van der Waals surface area contributed by atoms with E-state index in [1.165, 1.54) is 5.56 Å². The highest BCUT2D eigenvalue weighted by Crippen LogP contribution is 2.22. The second kappa shape index (κ2) is 11.1. The van der Waals surface area contributed by atoms with Crippen molar-refractivity contribution in [2.75, 3.05) is 26.2 Å². The smallest absolute Gasteiger partial charge is 0.246 e. The van der Waals surface area contributed by atoms with Crippen LogP contribution in [0.15, 0.2) is 30.3 Å². The van der Waals surface area contributed by atoms with Gasteiger partial charge in [0.25, 0.3) is 0 Å². The molecule has 0 N–H and O–H groups in total. The zero-order valence-electron chi connectivity index (χ0n) is 18.4. The second-order valence-corrected chi connectivity index (χ2v) is 8.32. The number of carbonyl (C=O) groups excluding carboxylic acids is 1. The molecule has 1 amide bonds. The third-order valence-electron chi connectivity index (χ3n) is 5.61. The molecule has 3 rings (SSSR count). The molecule has 7 heteroatoms. The molecule has 0 aliphatic carbocycles. The minimum absolute atomic E-state index is 0.0111. The van der Waals surface area contributed by atoms with Gasteiger partial charge in [-0.05, 0) is 43.5 Å². The number of nitriles is 1. The summed E-state index contributed by atoms with van der Waals surface area (Å²) in [7, 11) is 0. The van der Waals surface area contributed by atoms with Gasteiger partial charge in [0.05, 0.1) is 17.3 Å². The molecule has 1 aromatic carbocycles. The van der Waals surface area contributed by atoms with E-state index in [0.29, 0.717) is 17.3 Å². The first-order valence-corrected chi connectivity index (χ1v) is 11.3. The first-order valence-electron chi connectivity index (χ1n) is 10.9. The summed E-state index contributed by atoms with van der Waals surface area (Å²) >= 11 is 6.48. The molecular weight excluding hydrogens is 410 g/mol. The number of rotatable bonds is 7. The molecule has 31 heavy (non-hydrogen) atoms. The summed E-state index contributed by atoms with van der Waals surface area (Å²) in [6, 6.07) is 9.86. The fourth-order valence-electron chi connectivity index (χ4n) is 3.76. The van der Waals surface area contributed by atoms with Crippen LogP contribution in [-0.4, -0.2) is 51.7 Å². The molecule has 2 aromatic rings. The monoisotopic (exact) mass is 439 g/mol. The summed E-state index contributed by atoms with van der Waals surface area (Å²) in [5.41, 5.74) is 3.52. The molecular formula is C24H30ClN5O. The van der Waals surface area contributed by atoms with Crippen LogP contribution in [0.4, 0.5) is 0 Å². The fourth-order valence-corrected chi connectivity index (χ4v) is 4.09. The Hall–Kier alpha value is -2.62. The number of halogens is 1. The van der Waals surface area contributed by atoms with E-state index < -0.39 is 0 Å². The van der Waals surface area contributed by atoms with Crippen molar-refractivity contribution in [1.82, 2.24) is 19.6 Å². The van der Waals surface area contributed by atoms with Crippen LogP contribution in [0, 0.1) is 18.3 Å². The molecule has 1 saturated heterocycles. The number of aromatic nitrogens is 2. The fraction of sp³-hybridized carbons (Fsp3) is 0.458. The van der Waals surface area contributed by atoms with Crippen LogP contribution < -0.4 is 0 Å². The van der Waals surface area contributed by atoms with Crippen LogP contribution >= 0.6 is 11.6 Å². The number of nitrogens with zero attached hydrogens (tertiary/aromatic N) is 5. The lowest BCUT2D eigenvalue weighted by molar-refractivity contribution is -0.125. The lowest BCUT2D eigenvalue weighted by atomic mass is 10.1. The zero-order valence-corrected chi connectivity index (χ0v) is 19.1. The first-order chi connectivity index (χ1) is 15.0. The quantitative estimate of drug-likeness (QED) is 0.604. The summed E-state index contributed by atoms with van der Waals surface area (Å²) in [4.78, 5) is 17.0. The average Bonchev–Trinajstić information content (AvgIpc) is 2.93. The normalized spacial score (nSPS) is 15.2. The van der Waals surface area contributed by atoms with Crippen molar-refractivity contribution >= 4 is 23.6 Å². The van der Waals surface area contributed by atoms with Gasteiger partial charge >= 0.3 is 0 Å². The van der Waals surface area contributed by atoms with Crippen LogP contribution in [-0.2, 0) is 17.9 Å². The van der Waals surface area contributed by atoms with E-state index in [4.69, 9.17) is 16.9 Å². The zero-order chi connectivity index (χ0) is 22.2. The lowest BCUT2D eigenvalue weighted by Crippen LogP contribution is -2.34. The maximum atomic E-state index is 12.8. The molecule has 0 spiro atoms. The Balaban J connectivity index is 1.57. The Morgan fingerprint density at radius 3 is 2.71 bits per heavy atom. The van der Waals surface area contributed by atoms with E-state index in [2.05, 4.69) is 23.0 Å².